The Morgan fingerprint density at radius 2 is 1.86 bits per heavy atom. The highest BCUT2D eigenvalue weighted by atomic mass is 19.4. The first-order valence-corrected chi connectivity index (χ1v) is 11.0. The molecule has 2 aromatic rings. The summed E-state index contributed by atoms with van der Waals surface area (Å²) in [6.07, 6.45) is -4.08. The zero-order valence-electron chi connectivity index (χ0n) is 19.0. The molecule has 0 spiro atoms. The van der Waals surface area contributed by atoms with Crippen LogP contribution in [0.15, 0.2) is 77.6 Å². The Balaban J connectivity index is 0.000000320. The zero-order valence-corrected chi connectivity index (χ0v) is 19.0. The van der Waals surface area contributed by atoms with E-state index >= 15 is 0 Å². The van der Waals surface area contributed by atoms with Crippen molar-refractivity contribution in [1.29, 1.82) is 5.26 Å². The van der Waals surface area contributed by atoms with Crippen molar-refractivity contribution in [2.24, 2.45) is 0 Å². The van der Waals surface area contributed by atoms with Crippen molar-refractivity contribution < 1.29 is 33.6 Å². The van der Waals surface area contributed by atoms with Crippen LogP contribution >= 0.6 is 0 Å². The molecular weight excluding hydrogens is 459 g/mol. The highest BCUT2D eigenvalue weighted by Crippen LogP contribution is 2.46. The van der Waals surface area contributed by atoms with Crippen LogP contribution in [-0.2, 0) is 9.59 Å². The summed E-state index contributed by atoms with van der Waals surface area (Å²) in [5.41, 5.74) is 4.60. The van der Waals surface area contributed by atoms with Crippen LogP contribution in [-0.4, -0.2) is 23.0 Å². The number of quaternary nitrogens is 1. The van der Waals surface area contributed by atoms with Gasteiger partial charge in [-0.3, -0.25) is 9.69 Å². The number of hydrogen-bond acceptors (Lipinski definition) is 5. The number of Topliss-reactive ketones (excluding diaryl/α,β-unsaturated/α-hetero) is 1. The van der Waals surface area contributed by atoms with E-state index in [1.165, 1.54) is 29.8 Å². The second-order valence-corrected chi connectivity index (χ2v) is 8.33. The van der Waals surface area contributed by atoms with Gasteiger partial charge in [-0.2, -0.15) is 5.26 Å². The summed E-state index contributed by atoms with van der Waals surface area (Å²) >= 11 is 0. The number of nitriles is 1. The Morgan fingerprint density at radius 3 is 2.40 bits per heavy atom. The summed E-state index contributed by atoms with van der Waals surface area (Å²) in [6.45, 7) is 2.09. The summed E-state index contributed by atoms with van der Waals surface area (Å²) in [5.74, 6) is -3.52. The number of aliphatic carboxylic acids is 1. The van der Waals surface area contributed by atoms with Crippen molar-refractivity contribution >= 4 is 11.8 Å². The molecule has 2 atom stereocenters. The first-order valence-electron chi connectivity index (χ1n) is 11.0. The molecule has 0 amide bonds. The Morgan fingerprint density at radius 1 is 1.17 bits per heavy atom. The quantitative estimate of drug-likeness (QED) is 0.675. The SMILES string of the molecule is C[C@H]([NH3+])c1ccccc1.N#Cc1cccc([C@@H]2C(C(=O)[O-])=CN(C(F)(F)F)C3=C2C(=O)CCC3)c1. The van der Waals surface area contributed by atoms with Crippen LogP contribution in [0.5, 0.6) is 0 Å². The normalized spacial score (nSPS) is 18.5. The third-order valence-electron chi connectivity index (χ3n) is 5.81. The Bertz CT molecular complexity index is 1210. The zero-order chi connectivity index (χ0) is 25.8. The van der Waals surface area contributed by atoms with Crippen LogP contribution in [0.25, 0.3) is 0 Å². The van der Waals surface area contributed by atoms with Gasteiger partial charge in [0, 0.05) is 40.9 Å². The number of benzene rings is 2. The minimum Gasteiger partial charge on any atom is -0.545 e. The van der Waals surface area contributed by atoms with Gasteiger partial charge in [0.2, 0.25) is 0 Å². The monoisotopic (exact) mass is 483 g/mol. The van der Waals surface area contributed by atoms with Crippen molar-refractivity contribution in [1.82, 2.24) is 4.90 Å². The number of rotatable bonds is 3. The van der Waals surface area contributed by atoms with E-state index in [0.717, 1.165) is 0 Å². The van der Waals surface area contributed by atoms with E-state index in [0.29, 0.717) is 12.2 Å². The van der Waals surface area contributed by atoms with E-state index in [4.69, 9.17) is 5.26 Å². The first-order chi connectivity index (χ1) is 16.5. The van der Waals surface area contributed by atoms with Gasteiger partial charge in [0.1, 0.15) is 6.04 Å². The van der Waals surface area contributed by atoms with Crippen LogP contribution in [0.1, 0.15) is 54.8 Å². The van der Waals surface area contributed by atoms with E-state index in [-0.39, 0.29) is 46.6 Å². The second kappa shape index (κ2) is 10.6. The molecule has 35 heavy (non-hydrogen) atoms. The van der Waals surface area contributed by atoms with E-state index in [1.54, 1.807) is 0 Å². The molecule has 0 unspecified atom stereocenters. The van der Waals surface area contributed by atoms with Crippen molar-refractivity contribution in [3.8, 4) is 6.07 Å². The molecule has 2 aliphatic rings. The highest BCUT2D eigenvalue weighted by Gasteiger charge is 2.45. The average Bonchev–Trinajstić information content (AvgIpc) is 2.83. The molecule has 1 aliphatic carbocycles. The molecule has 0 saturated heterocycles. The van der Waals surface area contributed by atoms with E-state index in [9.17, 15) is 27.9 Å². The lowest BCUT2D eigenvalue weighted by Gasteiger charge is -2.39. The largest absolute Gasteiger partial charge is 0.545 e. The maximum atomic E-state index is 13.4. The number of carboxylic acids is 1. The van der Waals surface area contributed by atoms with Gasteiger partial charge >= 0.3 is 6.30 Å². The van der Waals surface area contributed by atoms with Gasteiger partial charge in [0.25, 0.3) is 0 Å². The molecule has 0 bridgehead atoms. The number of carbonyl (C=O) groups excluding carboxylic acids is 2. The molecule has 9 heteroatoms. The molecule has 0 aromatic heterocycles. The van der Waals surface area contributed by atoms with Crippen LogP contribution < -0.4 is 10.8 Å². The van der Waals surface area contributed by atoms with Crippen LogP contribution in [0.3, 0.4) is 0 Å². The minimum absolute atomic E-state index is 0.00581. The molecule has 0 radical (unpaired) electrons. The van der Waals surface area contributed by atoms with E-state index in [2.05, 4.69) is 24.8 Å². The number of nitrogens with zero attached hydrogens (tertiary/aromatic N) is 2. The second-order valence-electron chi connectivity index (χ2n) is 8.33. The molecule has 4 rings (SSSR count). The summed E-state index contributed by atoms with van der Waals surface area (Å²) in [5, 5.41) is 20.6. The lowest BCUT2D eigenvalue weighted by molar-refractivity contribution is -0.420. The number of hydrogen-bond donors (Lipinski definition) is 1. The van der Waals surface area contributed by atoms with Crippen molar-refractivity contribution in [2.45, 2.75) is 44.4 Å². The van der Waals surface area contributed by atoms with Gasteiger partial charge in [0.15, 0.2) is 5.78 Å². The smallest absolute Gasteiger partial charge is 0.488 e. The van der Waals surface area contributed by atoms with Gasteiger partial charge in [-0.05, 0) is 37.5 Å². The number of ketones is 1. The fraction of sp³-hybridized carbons (Fsp3) is 0.269. The number of alkyl halides is 3. The van der Waals surface area contributed by atoms with Crippen molar-refractivity contribution in [3.05, 3.63) is 94.3 Å². The van der Waals surface area contributed by atoms with E-state index in [1.807, 2.05) is 24.3 Å². The Hall–Kier alpha value is -3.90. The maximum Gasteiger partial charge on any atom is 0.488 e. The topological polar surface area (TPSA) is 112 Å². The molecule has 6 nitrogen and oxygen atoms in total. The number of carboxylic acid groups (broad SMARTS) is 1. The summed E-state index contributed by atoms with van der Waals surface area (Å²) in [4.78, 5) is 23.9. The molecule has 182 valence electrons. The number of carbonyl (C=O) groups is 2. The third kappa shape index (κ3) is 5.78. The summed E-state index contributed by atoms with van der Waals surface area (Å²) in [6, 6.07) is 18.4. The molecule has 2 aromatic carbocycles. The fourth-order valence-corrected chi connectivity index (χ4v) is 4.18. The fourth-order valence-electron chi connectivity index (χ4n) is 4.18. The van der Waals surface area contributed by atoms with Crippen molar-refractivity contribution in [3.63, 3.8) is 0 Å². The van der Waals surface area contributed by atoms with Crippen LogP contribution in [0.4, 0.5) is 13.2 Å². The molecule has 0 saturated carbocycles. The lowest BCUT2D eigenvalue weighted by Crippen LogP contribution is -2.51. The Kier molecular flexibility index (Phi) is 7.77. The summed E-state index contributed by atoms with van der Waals surface area (Å²) < 4.78 is 40.2. The molecule has 1 aliphatic heterocycles. The van der Waals surface area contributed by atoms with Crippen molar-refractivity contribution in [2.75, 3.05) is 0 Å². The van der Waals surface area contributed by atoms with Gasteiger partial charge < -0.3 is 15.6 Å². The molecule has 1 heterocycles. The number of halogens is 3. The summed E-state index contributed by atoms with van der Waals surface area (Å²) in [7, 11) is 0. The van der Waals surface area contributed by atoms with Crippen LogP contribution in [0, 0.1) is 11.3 Å². The van der Waals surface area contributed by atoms with Gasteiger partial charge in [-0.25, -0.2) is 0 Å². The standard InChI is InChI=1S/C18H13F3N2O3.C8H11N/c19-18(20,21)23-9-12(17(25)26)15(11-4-1-3-10(7-11)8-22)16-13(23)5-2-6-14(16)24;1-7(9)8-5-3-2-4-6-8/h1,3-4,7,9,15H,2,5-6H2,(H,25,26);2-7H,9H2,1H3/t15-;7-/m10/s1. The lowest BCUT2D eigenvalue weighted by atomic mass is 9.76. The first kappa shape index (κ1) is 25.7. The highest BCUT2D eigenvalue weighted by molar-refractivity contribution is 6.02. The maximum absolute atomic E-state index is 13.4. The average molecular weight is 483 g/mol. The Labute approximate surface area is 200 Å². The number of allylic oxidation sites excluding steroid dienone is 2. The predicted molar refractivity (Wildman–Crippen MR) is 119 cm³/mol. The molecule has 0 fully saturated rings. The molecular formula is C26H24F3N3O3. The van der Waals surface area contributed by atoms with E-state index < -0.39 is 29.5 Å². The van der Waals surface area contributed by atoms with Crippen LogP contribution in [0.2, 0.25) is 0 Å². The third-order valence-corrected chi connectivity index (χ3v) is 5.81. The predicted octanol–water partition coefficient (Wildman–Crippen LogP) is 3.11. The van der Waals surface area contributed by atoms with Gasteiger partial charge in [0.05, 0.1) is 17.6 Å². The van der Waals surface area contributed by atoms with Gasteiger partial charge in [-0.1, -0.05) is 42.5 Å². The van der Waals surface area contributed by atoms with Gasteiger partial charge in [-0.15, -0.1) is 13.2 Å². The minimum atomic E-state index is -4.86. The molecule has 3 N–H and O–H groups in total.